The average molecular weight is 681 g/mol. The van der Waals surface area contributed by atoms with Crippen LogP contribution in [0.4, 0.5) is 0 Å². The normalized spacial score (nSPS) is 11.8. The monoisotopic (exact) mass is 680 g/mol. The van der Waals surface area contributed by atoms with Gasteiger partial charge < -0.3 is 0 Å². The summed E-state index contributed by atoms with van der Waals surface area (Å²) in [6.45, 7) is 0. The van der Waals surface area contributed by atoms with Crippen LogP contribution in [-0.2, 0) is 0 Å². The van der Waals surface area contributed by atoms with Crippen LogP contribution in [-0.4, -0.2) is 19.5 Å². The molecule has 0 bridgehead atoms. The molecule has 0 aliphatic carbocycles. The highest BCUT2D eigenvalue weighted by Gasteiger charge is 2.22. The Morgan fingerprint density at radius 1 is 0.404 bits per heavy atom. The molecule has 242 valence electrons. The van der Waals surface area contributed by atoms with Crippen LogP contribution in [0.5, 0.6) is 0 Å². The molecule has 5 heteroatoms. The molecule has 0 atom stereocenters. The first-order valence-electron chi connectivity index (χ1n) is 17.5. The van der Waals surface area contributed by atoms with Crippen molar-refractivity contribution in [3.05, 3.63) is 170 Å². The topological polar surface area (TPSA) is 43.6 Å². The molecule has 11 aromatic rings. The smallest absolute Gasteiger partial charge is 0.238 e. The molecule has 0 spiro atoms. The molecule has 0 amide bonds. The van der Waals surface area contributed by atoms with Gasteiger partial charge >= 0.3 is 0 Å². The van der Waals surface area contributed by atoms with E-state index in [0.717, 1.165) is 32.9 Å². The Balaban J connectivity index is 1.26. The second kappa shape index (κ2) is 11.4. The Bertz CT molecular complexity index is 3180. The summed E-state index contributed by atoms with van der Waals surface area (Å²) in [5.74, 6) is 1.89. The number of benzene rings is 8. The Labute approximate surface area is 302 Å². The summed E-state index contributed by atoms with van der Waals surface area (Å²) in [5, 5.41) is 9.64. The van der Waals surface area contributed by atoms with E-state index in [0.29, 0.717) is 17.6 Å². The molecule has 0 N–H and O–H groups in total. The van der Waals surface area contributed by atoms with Gasteiger partial charge in [-0.2, -0.15) is 9.97 Å². The van der Waals surface area contributed by atoms with Crippen LogP contribution in [0.1, 0.15) is 0 Å². The third-order valence-electron chi connectivity index (χ3n) is 10.2. The molecule has 0 aliphatic rings. The Morgan fingerprint density at radius 2 is 1.04 bits per heavy atom. The van der Waals surface area contributed by atoms with Crippen molar-refractivity contribution < 1.29 is 0 Å². The molecule has 0 radical (unpaired) electrons. The van der Waals surface area contributed by atoms with Crippen LogP contribution in [0.25, 0.3) is 103 Å². The number of fused-ring (bicyclic) bond motifs is 10. The lowest BCUT2D eigenvalue weighted by Crippen LogP contribution is -2.06. The lowest BCUT2D eigenvalue weighted by molar-refractivity contribution is 0.955. The second-order valence-corrected chi connectivity index (χ2v) is 14.3. The van der Waals surface area contributed by atoms with Gasteiger partial charge in [0.15, 0.2) is 11.6 Å². The predicted octanol–water partition coefficient (Wildman–Crippen LogP) is 12.6. The standard InChI is InChI=1S/C47H28N4S/c1-3-13-29(14-4-1)32-24-25-39-37(27-32)42-34-19-9-7-15-30(34)23-26-40(42)51(39)47-49-45(31-16-5-2-6-17-31)48-46(50-47)38-28-33-18-8-10-20-35(33)43-36-21-11-12-22-41(36)52-44(38)43/h1-28H. The van der Waals surface area contributed by atoms with E-state index >= 15 is 0 Å². The minimum atomic E-state index is 0.592. The zero-order valence-electron chi connectivity index (χ0n) is 27.9. The van der Waals surface area contributed by atoms with Gasteiger partial charge in [-0.05, 0) is 63.0 Å². The molecular formula is C47H28N4S. The van der Waals surface area contributed by atoms with Crippen molar-refractivity contribution in [3.8, 4) is 39.9 Å². The number of thiophene rings is 1. The van der Waals surface area contributed by atoms with Crippen LogP contribution in [0.15, 0.2) is 170 Å². The SMILES string of the molecule is c1ccc(-c2ccc3c(c2)c2c4ccccc4ccc2n3-c2nc(-c3ccccc3)nc(-c3cc4ccccc4c4c3sc3ccccc34)n2)cc1. The Kier molecular flexibility index (Phi) is 6.39. The Hall–Kier alpha value is -6.69. The highest BCUT2D eigenvalue weighted by Crippen LogP contribution is 2.44. The number of hydrogen-bond acceptors (Lipinski definition) is 4. The zero-order valence-corrected chi connectivity index (χ0v) is 28.7. The third-order valence-corrected chi connectivity index (χ3v) is 11.4. The highest BCUT2D eigenvalue weighted by molar-refractivity contribution is 7.26. The van der Waals surface area contributed by atoms with Gasteiger partial charge in [0.05, 0.1) is 11.0 Å². The zero-order chi connectivity index (χ0) is 34.2. The van der Waals surface area contributed by atoms with Gasteiger partial charge in [0, 0.05) is 42.1 Å². The van der Waals surface area contributed by atoms with Crippen LogP contribution in [0.3, 0.4) is 0 Å². The summed E-state index contributed by atoms with van der Waals surface area (Å²) in [4.78, 5) is 15.9. The fraction of sp³-hybridized carbons (Fsp3) is 0. The number of aromatic nitrogens is 4. The number of rotatable bonds is 4. The van der Waals surface area contributed by atoms with Crippen LogP contribution in [0, 0.1) is 0 Å². The van der Waals surface area contributed by atoms with Crippen molar-refractivity contribution in [1.29, 1.82) is 0 Å². The van der Waals surface area contributed by atoms with E-state index in [1.807, 2.05) is 18.2 Å². The van der Waals surface area contributed by atoms with Crippen molar-refractivity contribution in [1.82, 2.24) is 19.5 Å². The van der Waals surface area contributed by atoms with Gasteiger partial charge in [-0.25, -0.2) is 4.98 Å². The molecule has 0 saturated heterocycles. The van der Waals surface area contributed by atoms with Crippen molar-refractivity contribution in [2.24, 2.45) is 0 Å². The van der Waals surface area contributed by atoms with E-state index in [1.54, 1.807) is 11.3 Å². The maximum Gasteiger partial charge on any atom is 0.238 e. The van der Waals surface area contributed by atoms with Crippen molar-refractivity contribution in [2.75, 3.05) is 0 Å². The first kappa shape index (κ1) is 29.1. The fourth-order valence-corrected chi connectivity index (χ4v) is 9.09. The van der Waals surface area contributed by atoms with Gasteiger partial charge in [-0.3, -0.25) is 4.57 Å². The predicted molar refractivity (Wildman–Crippen MR) is 218 cm³/mol. The van der Waals surface area contributed by atoms with Gasteiger partial charge in [0.2, 0.25) is 5.95 Å². The third kappa shape index (κ3) is 4.43. The second-order valence-electron chi connectivity index (χ2n) is 13.2. The molecule has 8 aromatic carbocycles. The molecule has 0 unspecified atom stereocenters. The van der Waals surface area contributed by atoms with E-state index in [-0.39, 0.29) is 0 Å². The van der Waals surface area contributed by atoms with Gasteiger partial charge in [0.1, 0.15) is 0 Å². The molecule has 52 heavy (non-hydrogen) atoms. The minimum absolute atomic E-state index is 0.592. The van der Waals surface area contributed by atoms with Gasteiger partial charge in [-0.1, -0.05) is 140 Å². The van der Waals surface area contributed by atoms with Crippen molar-refractivity contribution in [3.63, 3.8) is 0 Å². The number of nitrogens with zero attached hydrogens (tertiary/aromatic N) is 4. The molecule has 4 nitrogen and oxygen atoms in total. The maximum atomic E-state index is 5.41. The fourth-order valence-electron chi connectivity index (χ4n) is 7.86. The first-order chi connectivity index (χ1) is 25.8. The van der Waals surface area contributed by atoms with Crippen LogP contribution >= 0.6 is 11.3 Å². The summed E-state index contributed by atoms with van der Waals surface area (Å²) >= 11 is 1.80. The van der Waals surface area contributed by atoms with E-state index in [4.69, 9.17) is 15.0 Å². The molecule has 0 aliphatic heterocycles. The molecular weight excluding hydrogens is 653 g/mol. The van der Waals surface area contributed by atoms with Gasteiger partial charge in [0.25, 0.3) is 0 Å². The highest BCUT2D eigenvalue weighted by atomic mass is 32.1. The minimum Gasteiger partial charge on any atom is -0.278 e. The summed E-state index contributed by atoms with van der Waals surface area (Å²) < 4.78 is 4.65. The first-order valence-corrected chi connectivity index (χ1v) is 18.3. The molecule has 3 heterocycles. The van der Waals surface area contributed by atoms with Gasteiger partial charge in [-0.15, -0.1) is 11.3 Å². The van der Waals surface area contributed by atoms with Crippen molar-refractivity contribution >= 4 is 74.9 Å². The van der Waals surface area contributed by atoms with E-state index in [2.05, 4.69) is 156 Å². The van der Waals surface area contributed by atoms with Crippen molar-refractivity contribution in [2.45, 2.75) is 0 Å². The number of hydrogen-bond donors (Lipinski definition) is 0. The quantitative estimate of drug-likeness (QED) is 0.186. The summed E-state index contributed by atoms with van der Waals surface area (Å²) in [7, 11) is 0. The van der Waals surface area contributed by atoms with E-state index < -0.39 is 0 Å². The maximum absolute atomic E-state index is 5.41. The lowest BCUT2D eigenvalue weighted by atomic mass is 10.00. The van der Waals surface area contributed by atoms with E-state index in [9.17, 15) is 0 Å². The summed E-state index contributed by atoms with van der Waals surface area (Å²) in [6.07, 6.45) is 0. The largest absolute Gasteiger partial charge is 0.278 e. The molecule has 0 saturated carbocycles. The molecule has 11 rings (SSSR count). The molecule has 0 fully saturated rings. The summed E-state index contributed by atoms with van der Waals surface area (Å²) in [5.41, 5.74) is 6.41. The lowest BCUT2D eigenvalue weighted by Gasteiger charge is -2.12. The molecule has 3 aromatic heterocycles. The Morgan fingerprint density at radius 3 is 1.85 bits per heavy atom. The van der Waals surface area contributed by atoms with Crippen LogP contribution < -0.4 is 0 Å². The van der Waals surface area contributed by atoms with E-state index in [1.165, 1.54) is 52.8 Å². The summed E-state index contributed by atoms with van der Waals surface area (Å²) in [6, 6.07) is 60.2. The van der Waals surface area contributed by atoms with Crippen LogP contribution in [0.2, 0.25) is 0 Å². The average Bonchev–Trinajstić information content (AvgIpc) is 3.77.